The van der Waals surface area contributed by atoms with Gasteiger partial charge in [0.15, 0.2) is 5.65 Å². The minimum absolute atomic E-state index is 0. The van der Waals surface area contributed by atoms with Crippen LogP contribution in [0.25, 0.3) is 5.65 Å². The summed E-state index contributed by atoms with van der Waals surface area (Å²) in [6, 6.07) is 1.73. The number of amides is 1. The van der Waals surface area contributed by atoms with E-state index >= 15 is 0 Å². The lowest BCUT2D eigenvalue weighted by Crippen LogP contribution is -2.41. The SMILES string of the molecule is Cc1ccn2ncc(C(=O)NCC(F)(F)CN)c2n1.Cl. The van der Waals surface area contributed by atoms with E-state index in [1.54, 1.807) is 19.2 Å². The van der Waals surface area contributed by atoms with Crippen molar-refractivity contribution in [3.8, 4) is 0 Å². The third kappa shape index (κ3) is 3.40. The number of aryl methyl sites for hydroxylation is 1. The third-order valence-electron chi connectivity index (χ3n) is 2.56. The fourth-order valence-electron chi connectivity index (χ4n) is 1.50. The molecule has 0 atom stereocenters. The summed E-state index contributed by atoms with van der Waals surface area (Å²) in [6.45, 7) is 0.127. The summed E-state index contributed by atoms with van der Waals surface area (Å²) in [5, 5.41) is 6.05. The summed E-state index contributed by atoms with van der Waals surface area (Å²) in [5.74, 6) is -3.77. The van der Waals surface area contributed by atoms with Gasteiger partial charge >= 0.3 is 0 Å². The van der Waals surface area contributed by atoms with Gasteiger partial charge in [0.1, 0.15) is 5.56 Å². The number of nitrogens with one attached hydrogen (secondary N) is 1. The van der Waals surface area contributed by atoms with E-state index in [0.717, 1.165) is 0 Å². The zero-order chi connectivity index (χ0) is 14.0. The monoisotopic (exact) mass is 305 g/mol. The van der Waals surface area contributed by atoms with Gasteiger partial charge in [0.25, 0.3) is 11.8 Å². The number of hydrogen-bond donors (Lipinski definition) is 2. The summed E-state index contributed by atoms with van der Waals surface area (Å²) in [5.41, 5.74) is 6.07. The molecule has 0 saturated carbocycles. The van der Waals surface area contributed by atoms with E-state index in [1.165, 1.54) is 10.7 Å². The minimum Gasteiger partial charge on any atom is -0.346 e. The fourth-order valence-corrected chi connectivity index (χ4v) is 1.50. The van der Waals surface area contributed by atoms with E-state index in [4.69, 9.17) is 5.73 Å². The summed E-state index contributed by atoms with van der Waals surface area (Å²) in [7, 11) is 0. The van der Waals surface area contributed by atoms with Crippen molar-refractivity contribution in [1.82, 2.24) is 19.9 Å². The highest BCUT2D eigenvalue weighted by atomic mass is 35.5. The highest BCUT2D eigenvalue weighted by Gasteiger charge is 2.28. The Labute approximate surface area is 119 Å². The van der Waals surface area contributed by atoms with Crippen molar-refractivity contribution in [2.24, 2.45) is 5.73 Å². The molecule has 2 rings (SSSR count). The number of nitrogens with two attached hydrogens (primary N) is 1. The minimum atomic E-state index is -3.12. The van der Waals surface area contributed by atoms with E-state index in [-0.39, 0.29) is 18.0 Å². The van der Waals surface area contributed by atoms with Crippen LogP contribution in [0, 0.1) is 6.92 Å². The lowest BCUT2D eigenvalue weighted by molar-refractivity contribution is 0.0119. The first-order valence-corrected chi connectivity index (χ1v) is 5.60. The Kier molecular flexibility index (Phi) is 4.96. The van der Waals surface area contributed by atoms with Crippen LogP contribution in [-0.4, -0.2) is 39.5 Å². The maximum Gasteiger partial charge on any atom is 0.277 e. The van der Waals surface area contributed by atoms with E-state index in [0.29, 0.717) is 11.3 Å². The van der Waals surface area contributed by atoms with Gasteiger partial charge in [0.2, 0.25) is 0 Å². The molecule has 110 valence electrons. The molecule has 6 nitrogen and oxygen atoms in total. The number of aromatic nitrogens is 3. The Hall–Kier alpha value is -1.80. The maximum atomic E-state index is 13.0. The smallest absolute Gasteiger partial charge is 0.277 e. The second-order valence-electron chi connectivity index (χ2n) is 4.14. The number of rotatable bonds is 4. The van der Waals surface area contributed by atoms with Crippen molar-refractivity contribution in [3.05, 3.63) is 29.7 Å². The quantitative estimate of drug-likeness (QED) is 0.874. The molecule has 2 aromatic rings. The molecule has 0 spiro atoms. The second kappa shape index (κ2) is 6.10. The molecule has 0 aromatic carbocycles. The summed E-state index contributed by atoms with van der Waals surface area (Å²) < 4.78 is 27.3. The van der Waals surface area contributed by atoms with Crippen LogP contribution in [0.15, 0.2) is 18.5 Å². The lowest BCUT2D eigenvalue weighted by atomic mass is 10.3. The van der Waals surface area contributed by atoms with E-state index in [9.17, 15) is 13.6 Å². The molecule has 2 heterocycles. The number of halogens is 3. The molecule has 3 N–H and O–H groups in total. The van der Waals surface area contributed by atoms with Crippen LogP contribution in [-0.2, 0) is 0 Å². The fraction of sp³-hybridized carbons (Fsp3) is 0.364. The number of carbonyl (C=O) groups excluding carboxylic acids is 1. The Bertz CT molecular complexity index is 616. The second-order valence-corrected chi connectivity index (χ2v) is 4.14. The van der Waals surface area contributed by atoms with Crippen molar-refractivity contribution in [2.45, 2.75) is 12.8 Å². The molecular formula is C11H14ClF2N5O. The predicted octanol–water partition coefficient (Wildman–Crippen LogP) is 0.783. The van der Waals surface area contributed by atoms with E-state index in [1.807, 2.05) is 0 Å². The van der Waals surface area contributed by atoms with Crippen LogP contribution >= 0.6 is 12.4 Å². The maximum absolute atomic E-state index is 13.0. The average Bonchev–Trinajstić information content (AvgIpc) is 2.79. The molecule has 0 aliphatic rings. The Morgan fingerprint density at radius 2 is 2.25 bits per heavy atom. The van der Waals surface area contributed by atoms with Crippen LogP contribution in [0.5, 0.6) is 0 Å². The normalized spacial score (nSPS) is 11.2. The van der Waals surface area contributed by atoms with Crippen LogP contribution < -0.4 is 11.1 Å². The molecule has 2 aromatic heterocycles. The van der Waals surface area contributed by atoms with Crippen LogP contribution in [0.3, 0.4) is 0 Å². The van der Waals surface area contributed by atoms with Gasteiger partial charge in [-0.2, -0.15) is 5.10 Å². The molecule has 0 bridgehead atoms. The van der Waals surface area contributed by atoms with Crippen molar-refractivity contribution in [3.63, 3.8) is 0 Å². The van der Waals surface area contributed by atoms with Gasteiger partial charge in [-0.25, -0.2) is 18.3 Å². The number of hydrogen-bond acceptors (Lipinski definition) is 4. The number of carbonyl (C=O) groups is 1. The van der Waals surface area contributed by atoms with Crippen LogP contribution in [0.1, 0.15) is 16.1 Å². The number of nitrogens with zero attached hydrogens (tertiary/aromatic N) is 3. The van der Waals surface area contributed by atoms with Crippen molar-refractivity contribution >= 4 is 24.0 Å². The van der Waals surface area contributed by atoms with Gasteiger partial charge in [0.05, 0.1) is 19.3 Å². The van der Waals surface area contributed by atoms with Gasteiger partial charge in [-0.1, -0.05) is 0 Å². The van der Waals surface area contributed by atoms with Crippen LogP contribution in [0.2, 0.25) is 0 Å². The van der Waals surface area contributed by atoms with Crippen molar-refractivity contribution in [2.75, 3.05) is 13.1 Å². The van der Waals surface area contributed by atoms with Crippen molar-refractivity contribution in [1.29, 1.82) is 0 Å². The highest BCUT2D eigenvalue weighted by Crippen LogP contribution is 2.11. The Balaban J connectivity index is 0.00000200. The predicted molar refractivity (Wildman–Crippen MR) is 71.3 cm³/mol. The first-order valence-electron chi connectivity index (χ1n) is 5.60. The zero-order valence-corrected chi connectivity index (χ0v) is 11.5. The van der Waals surface area contributed by atoms with Gasteiger partial charge in [-0.05, 0) is 13.0 Å². The van der Waals surface area contributed by atoms with Crippen LogP contribution in [0.4, 0.5) is 8.78 Å². The topological polar surface area (TPSA) is 85.3 Å². The number of alkyl halides is 2. The van der Waals surface area contributed by atoms with Gasteiger partial charge < -0.3 is 11.1 Å². The molecule has 9 heteroatoms. The molecule has 20 heavy (non-hydrogen) atoms. The summed E-state index contributed by atoms with van der Waals surface area (Å²) >= 11 is 0. The first kappa shape index (κ1) is 16.3. The summed E-state index contributed by atoms with van der Waals surface area (Å²) in [4.78, 5) is 16.0. The van der Waals surface area contributed by atoms with Gasteiger partial charge in [-0.3, -0.25) is 4.79 Å². The Morgan fingerprint density at radius 1 is 1.55 bits per heavy atom. The molecule has 0 radical (unpaired) electrons. The highest BCUT2D eigenvalue weighted by molar-refractivity contribution is 5.99. The Morgan fingerprint density at radius 3 is 2.90 bits per heavy atom. The van der Waals surface area contributed by atoms with Crippen molar-refractivity contribution < 1.29 is 13.6 Å². The molecule has 0 aliphatic carbocycles. The standard InChI is InChI=1S/C11H13F2N5O.ClH/c1-7-2-3-18-9(17-7)8(4-16-18)10(19)15-6-11(12,13)5-14;/h2-4H,5-6,14H2,1H3,(H,15,19);1H. The third-order valence-corrected chi connectivity index (χ3v) is 2.56. The van der Waals surface area contributed by atoms with Gasteiger partial charge in [0, 0.05) is 11.9 Å². The molecule has 0 unspecified atom stereocenters. The summed E-state index contributed by atoms with van der Waals surface area (Å²) in [6.07, 6.45) is 2.93. The van der Waals surface area contributed by atoms with E-state index < -0.39 is 24.9 Å². The van der Waals surface area contributed by atoms with Gasteiger partial charge in [-0.15, -0.1) is 12.4 Å². The molecular weight excluding hydrogens is 292 g/mol. The average molecular weight is 306 g/mol. The molecule has 0 saturated heterocycles. The lowest BCUT2D eigenvalue weighted by Gasteiger charge is -2.13. The first-order chi connectivity index (χ1) is 8.93. The molecule has 0 aliphatic heterocycles. The molecule has 1 amide bonds. The van der Waals surface area contributed by atoms with E-state index in [2.05, 4.69) is 15.4 Å². The zero-order valence-electron chi connectivity index (χ0n) is 10.6. The molecule has 0 fully saturated rings. The number of fused-ring (bicyclic) bond motifs is 1. The largest absolute Gasteiger partial charge is 0.346 e.